The Labute approximate surface area is 117 Å². The molecule has 0 saturated carbocycles. The van der Waals surface area contributed by atoms with Crippen LogP contribution in [0.1, 0.15) is 26.2 Å². The minimum Gasteiger partial charge on any atom is -0.385 e. The molecule has 7 heteroatoms. The van der Waals surface area contributed by atoms with Gasteiger partial charge in [0.25, 0.3) is 0 Å². The molecule has 0 aromatic heterocycles. The number of nitrogens with one attached hydrogen (secondary N) is 1. The van der Waals surface area contributed by atoms with Crippen LogP contribution in [0.15, 0.2) is 29.2 Å². The Morgan fingerprint density at radius 2 is 1.70 bits per heavy atom. The lowest BCUT2D eigenvalue weighted by Gasteiger charge is -2.08. The van der Waals surface area contributed by atoms with E-state index in [2.05, 4.69) is 5.32 Å². The van der Waals surface area contributed by atoms with Gasteiger partial charge in [-0.05, 0) is 37.1 Å². The summed E-state index contributed by atoms with van der Waals surface area (Å²) in [6.07, 6.45) is -4.38. The normalized spacial score (nSPS) is 12.4. The van der Waals surface area contributed by atoms with Gasteiger partial charge in [-0.15, -0.1) is 0 Å². The summed E-state index contributed by atoms with van der Waals surface area (Å²) >= 11 is 0. The van der Waals surface area contributed by atoms with Crippen LogP contribution in [0.4, 0.5) is 18.9 Å². The van der Waals surface area contributed by atoms with E-state index in [4.69, 9.17) is 0 Å². The molecular weight excluding hydrogens is 291 g/mol. The van der Waals surface area contributed by atoms with Crippen LogP contribution in [0.5, 0.6) is 0 Å². The van der Waals surface area contributed by atoms with E-state index >= 15 is 0 Å². The Morgan fingerprint density at radius 1 is 1.10 bits per heavy atom. The maximum atomic E-state index is 11.9. The summed E-state index contributed by atoms with van der Waals surface area (Å²) in [5.41, 5.74) is 0.701. The molecule has 0 radical (unpaired) electrons. The van der Waals surface area contributed by atoms with E-state index in [0.717, 1.165) is 0 Å². The Balaban J connectivity index is 2.40. The largest absolute Gasteiger partial charge is 0.389 e. The zero-order chi connectivity index (χ0) is 15.2. The molecule has 1 aromatic rings. The second kappa shape index (κ2) is 6.97. The maximum absolute atomic E-state index is 11.9. The second-order valence-corrected chi connectivity index (χ2v) is 6.71. The van der Waals surface area contributed by atoms with Crippen LogP contribution < -0.4 is 5.32 Å². The monoisotopic (exact) mass is 309 g/mol. The van der Waals surface area contributed by atoms with E-state index in [1.54, 1.807) is 19.1 Å². The highest BCUT2D eigenvalue weighted by Crippen LogP contribution is 2.22. The fourth-order valence-electron chi connectivity index (χ4n) is 1.63. The van der Waals surface area contributed by atoms with Gasteiger partial charge in [-0.3, -0.25) is 0 Å². The summed E-state index contributed by atoms with van der Waals surface area (Å²) in [6, 6.07) is 6.23. The summed E-state index contributed by atoms with van der Waals surface area (Å²) < 4.78 is 58.9. The van der Waals surface area contributed by atoms with E-state index in [0.29, 0.717) is 18.7 Å². The zero-order valence-corrected chi connectivity index (χ0v) is 12.0. The van der Waals surface area contributed by atoms with Crippen molar-refractivity contribution in [2.45, 2.75) is 37.3 Å². The lowest BCUT2D eigenvalue weighted by atomic mass is 10.2. The lowest BCUT2D eigenvalue weighted by molar-refractivity contribution is -0.135. The molecule has 1 rings (SSSR count). The molecule has 1 N–H and O–H groups in total. The molecule has 0 aliphatic carbocycles. The summed E-state index contributed by atoms with van der Waals surface area (Å²) in [7, 11) is -3.21. The van der Waals surface area contributed by atoms with Crippen LogP contribution in [0.3, 0.4) is 0 Å². The highest BCUT2D eigenvalue weighted by Gasteiger charge is 2.25. The Morgan fingerprint density at radius 3 is 2.20 bits per heavy atom. The molecule has 20 heavy (non-hydrogen) atoms. The van der Waals surface area contributed by atoms with Crippen LogP contribution in [0, 0.1) is 0 Å². The van der Waals surface area contributed by atoms with Gasteiger partial charge in [-0.1, -0.05) is 6.92 Å². The number of benzene rings is 1. The van der Waals surface area contributed by atoms with Crippen molar-refractivity contribution in [1.82, 2.24) is 0 Å². The topological polar surface area (TPSA) is 46.2 Å². The van der Waals surface area contributed by atoms with Gasteiger partial charge in [0.05, 0.1) is 10.6 Å². The van der Waals surface area contributed by atoms with Gasteiger partial charge in [-0.25, -0.2) is 8.42 Å². The molecule has 114 valence electrons. The van der Waals surface area contributed by atoms with E-state index in [-0.39, 0.29) is 17.1 Å². The van der Waals surface area contributed by atoms with Crippen molar-refractivity contribution >= 4 is 15.5 Å². The van der Waals surface area contributed by atoms with Crippen molar-refractivity contribution in [3.8, 4) is 0 Å². The van der Waals surface area contributed by atoms with Gasteiger partial charge in [0.1, 0.15) is 0 Å². The fraction of sp³-hybridized carbons (Fsp3) is 0.538. The van der Waals surface area contributed by atoms with Gasteiger partial charge < -0.3 is 5.32 Å². The molecule has 0 saturated heterocycles. The Kier molecular flexibility index (Phi) is 5.86. The number of sulfone groups is 1. The lowest BCUT2D eigenvalue weighted by Crippen LogP contribution is -2.09. The summed E-state index contributed by atoms with van der Waals surface area (Å²) in [4.78, 5) is 0.252. The van der Waals surface area contributed by atoms with Crippen LogP contribution in [-0.2, 0) is 9.84 Å². The number of alkyl halides is 3. The molecule has 0 spiro atoms. The van der Waals surface area contributed by atoms with Crippen molar-refractivity contribution in [3.05, 3.63) is 24.3 Å². The molecule has 0 bridgehead atoms. The number of halogens is 3. The molecule has 0 atom stereocenters. The number of hydrogen-bond acceptors (Lipinski definition) is 3. The van der Waals surface area contributed by atoms with Gasteiger partial charge in [0.2, 0.25) is 0 Å². The third kappa shape index (κ3) is 5.81. The SMILES string of the molecule is CCS(=O)(=O)c1ccc(NCCCCC(F)(F)F)cc1. The van der Waals surface area contributed by atoms with Gasteiger partial charge in [0.15, 0.2) is 9.84 Å². The average molecular weight is 309 g/mol. The second-order valence-electron chi connectivity index (χ2n) is 4.43. The Bertz CT molecular complexity index is 509. The van der Waals surface area contributed by atoms with Gasteiger partial charge >= 0.3 is 6.18 Å². The van der Waals surface area contributed by atoms with Crippen molar-refractivity contribution in [2.24, 2.45) is 0 Å². The minimum absolute atomic E-state index is 0.0389. The molecule has 3 nitrogen and oxygen atoms in total. The highest BCUT2D eigenvalue weighted by molar-refractivity contribution is 7.91. The first-order valence-electron chi connectivity index (χ1n) is 6.38. The predicted octanol–water partition coefficient (Wildman–Crippen LogP) is 3.62. The van der Waals surface area contributed by atoms with Crippen molar-refractivity contribution in [1.29, 1.82) is 0 Å². The molecule has 1 aromatic carbocycles. The van der Waals surface area contributed by atoms with Gasteiger partial charge in [-0.2, -0.15) is 13.2 Å². The van der Waals surface area contributed by atoms with Crippen molar-refractivity contribution in [2.75, 3.05) is 17.6 Å². The molecule has 0 unspecified atom stereocenters. The van der Waals surface area contributed by atoms with Crippen LogP contribution in [-0.4, -0.2) is 26.9 Å². The first kappa shape index (κ1) is 16.8. The van der Waals surface area contributed by atoms with Crippen molar-refractivity contribution in [3.63, 3.8) is 0 Å². The zero-order valence-electron chi connectivity index (χ0n) is 11.2. The molecule has 0 amide bonds. The quantitative estimate of drug-likeness (QED) is 0.782. The van der Waals surface area contributed by atoms with Crippen molar-refractivity contribution < 1.29 is 21.6 Å². The van der Waals surface area contributed by atoms with Gasteiger partial charge in [0, 0.05) is 18.7 Å². The summed E-state index contributed by atoms with van der Waals surface area (Å²) in [5, 5.41) is 2.97. The molecule has 0 aliphatic rings. The molecule has 0 heterocycles. The van der Waals surface area contributed by atoms with E-state index in [1.807, 2.05) is 0 Å². The predicted molar refractivity (Wildman–Crippen MR) is 72.6 cm³/mol. The first-order valence-corrected chi connectivity index (χ1v) is 8.03. The standard InChI is InChI=1S/C13H18F3NO2S/c1-2-20(18,19)12-7-5-11(6-8-12)17-10-4-3-9-13(14,15)16/h5-8,17H,2-4,9-10H2,1H3. The number of rotatable bonds is 7. The third-order valence-electron chi connectivity index (χ3n) is 2.81. The number of unbranched alkanes of at least 4 members (excludes halogenated alkanes) is 1. The molecule has 0 fully saturated rings. The van der Waals surface area contributed by atoms with E-state index in [1.165, 1.54) is 12.1 Å². The highest BCUT2D eigenvalue weighted by atomic mass is 32.2. The third-order valence-corrected chi connectivity index (χ3v) is 4.56. The average Bonchev–Trinajstić information content (AvgIpc) is 2.37. The van der Waals surface area contributed by atoms with Crippen LogP contribution in [0.2, 0.25) is 0 Å². The van der Waals surface area contributed by atoms with E-state index in [9.17, 15) is 21.6 Å². The number of hydrogen-bond donors (Lipinski definition) is 1. The van der Waals surface area contributed by atoms with Crippen LogP contribution >= 0.6 is 0 Å². The summed E-state index contributed by atoms with van der Waals surface area (Å²) in [6.45, 7) is 2.00. The minimum atomic E-state index is -4.10. The Hall–Kier alpha value is -1.24. The smallest absolute Gasteiger partial charge is 0.385 e. The number of anilines is 1. The van der Waals surface area contributed by atoms with E-state index < -0.39 is 22.4 Å². The van der Waals surface area contributed by atoms with Crippen LogP contribution in [0.25, 0.3) is 0 Å². The summed E-state index contributed by atoms with van der Waals surface area (Å²) in [5.74, 6) is 0.0389. The maximum Gasteiger partial charge on any atom is 0.389 e. The fourth-order valence-corrected chi connectivity index (χ4v) is 2.51. The molecule has 0 aliphatic heterocycles. The first-order chi connectivity index (χ1) is 9.24. The molecular formula is C13H18F3NO2S.